The lowest BCUT2D eigenvalue weighted by molar-refractivity contribution is -0.166. The van der Waals surface area contributed by atoms with Gasteiger partial charge in [0, 0.05) is 0 Å². The Hall–Kier alpha value is -0.780. The predicted octanol–water partition coefficient (Wildman–Crippen LogP) is 0.611. The number of nitrogens with one attached hydrogen (secondary N) is 1. The van der Waals surface area contributed by atoms with Crippen molar-refractivity contribution < 1.29 is 23.1 Å². The van der Waals surface area contributed by atoms with Crippen LogP contribution in [0.15, 0.2) is 0 Å². The van der Waals surface area contributed by atoms with Gasteiger partial charge in [-0.3, -0.25) is 4.79 Å². The van der Waals surface area contributed by atoms with Gasteiger partial charge in [0.15, 0.2) is 0 Å². The SMILES string of the molecule is CN[C@@H](CC(=O)O)C(F)(F)F. The van der Waals surface area contributed by atoms with Crippen LogP contribution < -0.4 is 5.32 Å². The van der Waals surface area contributed by atoms with Gasteiger partial charge in [-0.2, -0.15) is 13.2 Å². The Morgan fingerprint density at radius 1 is 1.64 bits per heavy atom. The van der Waals surface area contributed by atoms with E-state index >= 15 is 0 Å². The van der Waals surface area contributed by atoms with Gasteiger partial charge in [-0.05, 0) is 7.05 Å². The van der Waals surface area contributed by atoms with E-state index in [0.717, 1.165) is 7.05 Å². The summed E-state index contributed by atoms with van der Waals surface area (Å²) >= 11 is 0. The van der Waals surface area contributed by atoms with Crippen LogP contribution in [0.4, 0.5) is 13.2 Å². The zero-order valence-electron chi connectivity index (χ0n) is 5.77. The number of carboxylic acids is 1. The lowest BCUT2D eigenvalue weighted by Crippen LogP contribution is -2.41. The first kappa shape index (κ1) is 10.2. The zero-order valence-corrected chi connectivity index (χ0v) is 5.77. The first-order valence-electron chi connectivity index (χ1n) is 2.83. The fraction of sp³-hybridized carbons (Fsp3) is 0.800. The molecule has 0 aromatic heterocycles. The fourth-order valence-electron chi connectivity index (χ4n) is 0.556. The number of carboxylic acid groups (broad SMARTS) is 1. The van der Waals surface area contributed by atoms with Crippen molar-refractivity contribution in [1.82, 2.24) is 5.32 Å². The molecule has 2 N–H and O–H groups in total. The molecule has 0 radical (unpaired) electrons. The summed E-state index contributed by atoms with van der Waals surface area (Å²) in [7, 11) is 1.07. The Balaban J connectivity index is 4.07. The number of carbonyl (C=O) groups is 1. The summed E-state index contributed by atoms with van der Waals surface area (Å²) in [5.41, 5.74) is 0. The molecule has 0 bridgehead atoms. The van der Waals surface area contributed by atoms with Crippen molar-refractivity contribution in [2.24, 2.45) is 0 Å². The molecular formula is C5H8F3NO2. The van der Waals surface area contributed by atoms with Gasteiger partial charge in [-0.1, -0.05) is 0 Å². The van der Waals surface area contributed by atoms with Crippen LogP contribution in [0.2, 0.25) is 0 Å². The summed E-state index contributed by atoms with van der Waals surface area (Å²) < 4.78 is 35.3. The normalized spacial score (nSPS) is 14.5. The van der Waals surface area contributed by atoms with E-state index < -0.39 is 24.6 Å². The predicted molar refractivity (Wildman–Crippen MR) is 31.2 cm³/mol. The minimum absolute atomic E-state index is 0.944. The van der Waals surface area contributed by atoms with Crippen LogP contribution in [0.1, 0.15) is 6.42 Å². The molecule has 6 heteroatoms. The second kappa shape index (κ2) is 3.56. The van der Waals surface area contributed by atoms with Crippen molar-refractivity contribution in [3.8, 4) is 0 Å². The van der Waals surface area contributed by atoms with Crippen LogP contribution in [-0.2, 0) is 4.79 Å². The van der Waals surface area contributed by atoms with E-state index in [0.29, 0.717) is 0 Å². The van der Waals surface area contributed by atoms with E-state index in [1.165, 1.54) is 0 Å². The van der Waals surface area contributed by atoms with Crippen molar-refractivity contribution in [2.45, 2.75) is 18.6 Å². The molecule has 0 fully saturated rings. The minimum Gasteiger partial charge on any atom is -0.481 e. The second-order valence-electron chi connectivity index (χ2n) is 1.98. The van der Waals surface area contributed by atoms with Gasteiger partial charge in [0.25, 0.3) is 0 Å². The fourth-order valence-corrected chi connectivity index (χ4v) is 0.556. The van der Waals surface area contributed by atoms with E-state index in [1.54, 1.807) is 0 Å². The Kier molecular flexibility index (Phi) is 3.31. The Labute approximate surface area is 61.2 Å². The molecule has 0 unspecified atom stereocenters. The third kappa shape index (κ3) is 3.82. The molecule has 0 aliphatic rings. The summed E-state index contributed by atoms with van der Waals surface area (Å²) in [6.45, 7) is 0. The highest BCUT2D eigenvalue weighted by molar-refractivity contribution is 5.67. The maximum atomic E-state index is 11.8. The number of hydrogen-bond acceptors (Lipinski definition) is 2. The van der Waals surface area contributed by atoms with Gasteiger partial charge in [0.05, 0.1) is 6.42 Å². The lowest BCUT2D eigenvalue weighted by atomic mass is 10.2. The van der Waals surface area contributed by atoms with Crippen molar-refractivity contribution in [2.75, 3.05) is 7.05 Å². The van der Waals surface area contributed by atoms with Crippen LogP contribution in [0.5, 0.6) is 0 Å². The van der Waals surface area contributed by atoms with Crippen molar-refractivity contribution in [3.63, 3.8) is 0 Å². The van der Waals surface area contributed by atoms with Gasteiger partial charge in [0.1, 0.15) is 6.04 Å². The third-order valence-electron chi connectivity index (χ3n) is 1.12. The highest BCUT2D eigenvalue weighted by Gasteiger charge is 2.39. The van der Waals surface area contributed by atoms with E-state index in [-0.39, 0.29) is 0 Å². The van der Waals surface area contributed by atoms with E-state index in [9.17, 15) is 18.0 Å². The molecule has 66 valence electrons. The summed E-state index contributed by atoms with van der Waals surface area (Å²) in [6.07, 6.45) is -5.44. The standard InChI is InChI=1S/C5H8F3NO2/c1-9-3(2-4(10)11)5(6,7)8/h3,9H,2H2,1H3,(H,10,11)/t3-/m0/s1. The van der Waals surface area contributed by atoms with E-state index in [2.05, 4.69) is 0 Å². The molecule has 0 aliphatic heterocycles. The Bertz CT molecular complexity index is 145. The Morgan fingerprint density at radius 2 is 2.09 bits per heavy atom. The summed E-state index contributed by atoms with van der Waals surface area (Å²) in [4.78, 5) is 9.88. The van der Waals surface area contributed by atoms with Gasteiger partial charge < -0.3 is 10.4 Å². The van der Waals surface area contributed by atoms with E-state index in [1.807, 2.05) is 5.32 Å². The van der Waals surface area contributed by atoms with Crippen molar-refractivity contribution in [3.05, 3.63) is 0 Å². The van der Waals surface area contributed by atoms with Crippen LogP contribution >= 0.6 is 0 Å². The molecule has 1 atom stereocenters. The summed E-state index contributed by atoms with van der Waals surface area (Å²) in [5, 5.41) is 9.91. The second-order valence-corrected chi connectivity index (χ2v) is 1.98. The summed E-state index contributed by atoms with van der Waals surface area (Å²) in [5.74, 6) is -1.47. The average Bonchev–Trinajstić information content (AvgIpc) is 1.79. The first-order valence-corrected chi connectivity index (χ1v) is 2.83. The quantitative estimate of drug-likeness (QED) is 0.654. The van der Waals surface area contributed by atoms with E-state index in [4.69, 9.17) is 5.11 Å². The molecule has 11 heavy (non-hydrogen) atoms. The molecule has 3 nitrogen and oxygen atoms in total. The lowest BCUT2D eigenvalue weighted by Gasteiger charge is -2.16. The molecule has 0 aromatic rings. The van der Waals surface area contributed by atoms with Crippen LogP contribution in [-0.4, -0.2) is 30.3 Å². The molecule has 0 heterocycles. The smallest absolute Gasteiger partial charge is 0.404 e. The molecule has 0 saturated carbocycles. The minimum atomic E-state index is -4.49. The van der Waals surface area contributed by atoms with Gasteiger partial charge in [-0.25, -0.2) is 0 Å². The van der Waals surface area contributed by atoms with Crippen LogP contribution in [0.25, 0.3) is 0 Å². The van der Waals surface area contributed by atoms with Crippen LogP contribution in [0.3, 0.4) is 0 Å². The molecule has 0 saturated heterocycles. The maximum Gasteiger partial charge on any atom is 0.404 e. The molecule has 0 rings (SSSR count). The number of alkyl halides is 3. The first-order chi connectivity index (χ1) is 4.88. The highest BCUT2D eigenvalue weighted by Crippen LogP contribution is 2.21. The molecule has 0 spiro atoms. The molecular weight excluding hydrogens is 163 g/mol. The molecule has 0 aromatic carbocycles. The van der Waals surface area contributed by atoms with Gasteiger partial charge >= 0.3 is 12.1 Å². The molecule has 0 aliphatic carbocycles. The number of rotatable bonds is 3. The Morgan fingerprint density at radius 3 is 2.18 bits per heavy atom. The molecule has 0 amide bonds. The highest BCUT2D eigenvalue weighted by atomic mass is 19.4. The average molecular weight is 171 g/mol. The van der Waals surface area contributed by atoms with Gasteiger partial charge in [-0.15, -0.1) is 0 Å². The largest absolute Gasteiger partial charge is 0.481 e. The number of aliphatic carboxylic acids is 1. The van der Waals surface area contributed by atoms with Crippen LogP contribution in [0, 0.1) is 0 Å². The topological polar surface area (TPSA) is 49.3 Å². The van der Waals surface area contributed by atoms with Crippen molar-refractivity contribution in [1.29, 1.82) is 0 Å². The monoisotopic (exact) mass is 171 g/mol. The third-order valence-corrected chi connectivity index (χ3v) is 1.12. The number of hydrogen-bond donors (Lipinski definition) is 2. The summed E-state index contributed by atoms with van der Waals surface area (Å²) in [6, 6.07) is -1.96. The number of halogens is 3. The zero-order chi connectivity index (χ0) is 9.07. The van der Waals surface area contributed by atoms with Crippen molar-refractivity contribution >= 4 is 5.97 Å². The maximum absolute atomic E-state index is 11.8. The van der Waals surface area contributed by atoms with Gasteiger partial charge in [0.2, 0.25) is 0 Å².